The van der Waals surface area contributed by atoms with E-state index in [1.54, 1.807) is 0 Å². The summed E-state index contributed by atoms with van der Waals surface area (Å²) in [5.41, 5.74) is 2.04. The maximum atomic E-state index is 11.1. The van der Waals surface area contributed by atoms with Crippen LogP contribution in [0.1, 0.15) is 42.9 Å². The summed E-state index contributed by atoms with van der Waals surface area (Å²) in [7, 11) is 0. The van der Waals surface area contributed by atoms with Gasteiger partial charge in [-0.2, -0.15) is 0 Å². The van der Waals surface area contributed by atoms with E-state index in [-0.39, 0.29) is 0 Å². The minimum atomic E-state index is -1.02. The Morgan fingerprint density at radius 1 is 0.950 bits per heavy atom. The number of halogens is 1. The van der Waals surface area contributed by atoms with E-state index in [4.69, 9.17) is 11.6 Å². The Hall–Kier alpha value is -1.31. The maximum Gasteiger partial charge on any atom is 0.116 e. The second-order valence-corrected chi connectivity index (χ2v) is 5.82. The average Bonchev–Trinajstić information content (AvgIpc) is 2.48. The molecule has 0 saturated carbocycles. The molecule has 0 fully saturated rings. The SMILES string of the molecule is CC(C)c1ccc(C(O)(CCCl)c2ccccc2)cc1. The largest absolute Gasteiger partial charge is 0.380 e. The third-order valence-corrected chi connectivity index (χ3v) is 3.95. The van der Waals surface area contributed by atoms with Crippen molar-refractivity contribution < 1.29 is 5.11 Å². The number of rotatable bonds is 5. The summed E-state index contributed by atoms with van der Waals surface area (Å²) in [5, 5.41) is 11.1. The van der Waals surface area contributed by atoms with Crippen LogP contribution < -0.4 is 0 Å². The summed E-state index contributed by atoms with van der Waals surface area (Å²) in [6.07, 6.45) is 0.500. The Labute approximate surface area is 126 Å². The van der Waals surface area contributed by atoms with Gasteiger partial charge in [0, 0.05) is 5.88 Å². The van der Waals surface area contributed by atoms with Gasteiger partial charge < -0.3 is 5.11 Å². The first kappa shape index (κ1) is 15.1. The third kappa shape index (κ3) is 3.05. The van der Waals surface area contributed by atoms with Crippen LogP contribution >= 0.6 is 11.6 Å². The molecule has 0 heterocycles. The molecule has 20 heavy (non-hydrogen) atoms. The molecule has 1 nitrogen and oxygen atoms in total. The van der Waals surface area contributed by atoms with Crippen LogP contribution in [0.2, 0.25) is 0 Å². The molecule has 0 bridgehead atoms. The Morgan fingerprint density at radius 3 is 2.00 bits per heavy atom. The summed E-state index contributed by atoms with van der Waals surface area (Å²) >= 11 is 5.91. The normalized spacial score (nSPS) is 14.2. The first-order chi connectivity index (χ1) is 9.58. The van der Waals surface area contributed by atoms with Gasteiger partial charge in [0.2, 0.25) is 0 Å². The zero-order chi connectivity index (χ0) is 14.6. The Bertz CT molecular complexity index is 533. The molecule has 2 aromatic carbocycles. The van der Waals surface area contributed by atoms with E-state index >= 15 is 0 Å². The van der Waals surface area contributed by atoms with Gasteiger partial charge in [0.25, 0.3) is 0 Å². The monoisotopic (exact) mass is 288 g/mol. The summed E-state index contributed by atoms with van der Waals surface area (Å²) in [6, 6.07) is 17.9. The summed E-state index contributed by atoms with van der Waals surface area (Å²) in [4.78, 5) is 0. The van der Waals surface area contributed by atoms with Gasteiger partial charge in [0.05, 0.1) is 0 Å². The molecule has 2 rings (SSSR count). The highest BCUT2D eigenvalue weighted by Gasteiger charge is 2.30. The zero-order valence-corrected chi connectivity index (χ0v) is 12.8. The number of benzene rings is 2. The lowest BCUT2D eigenvalue weighted by Crippen LogP contribution is -2.27. The van der Waals surface area contributed by atoms with Crippen molar-refractivity contribution in [3.05, 3.63) is 71.3 Å². The van der Waals surface area contributed by atoms with E-state index in [1.165, 1.54) is 5.56 Å². The molecule has 106 valence electrons. The van der Waals surface area contributed by atoms with E-state index in [0.717, 1.165) is 11.1 Å². The third-order valence-electron chi connectivity index (χ3n) is 3.76. The smallest absolute Gasteiger partial charge is 0.116 e. The second-order valence-electron chi connectivity index (χ2n) is 5.44. The van der Waals surface area contributed by atoms with Crippen molar-refractivity contribution in [1.29, 1.82) is 0 Å². The first-order valence-corrected chi connectivity index (χ1v) is 7.55. The molecule has 0 aliphatic heterocycles. The Balaban J connectivity index is 2.42. The minimum Gasteiger partial charge on any atom is -0.380 e. The predicted octanol–water partition coefficient (Wildman–Crippen LogP) is 4.67. The van der Waals surface area contributed by atoms with Crippen molar-refractivity contribution in [1.82, 2.24) is 0 Å². The number of hydrogen-bond acceptors (Lipinski definition) is 1. The lowest BCUT2D eigenvalue weighted by molar-refractivity contribution is 0.0775. The number of hydrogen-bond donors (Lipinski definition) is 1. The average molecular weight is 289 g/mol. The highest BCUT2D eigenvalue weighted by Crippen LogP contribution is 2.34. The van der Waals surface area contributed by atoms with Gasteiger partial charge >= 0.3 is 0 Å². The van der Waals surface area contributed by atoms with Gasteiger partial charge in [-0.15, -0.1) is 11.6 Å². The maximum absolute atomic E-state index is 11.1. The van der Waals surface area contributed by atoms with Crippen LogP contribution in [0.15, 0.2) is 54.6 Å². The van der Waals surface area contributed by atoms with Gasteiger partial charge in [0.15, 0.2) is 0 Å². The molecular weight excluding hydrogens is 268 g/mol. The fourth-order valence-electron chi connectivity index (χ4n) is 2.45. The van der Waals surface area contributed by atoms with Crippen LogP contribution in [0, 0.1) is 0 Å². The highest BCUT2D eigenvalue weighted by atomic mass is 35.5. The van der Waals surface area contributed by atoms with Crippen molar-refractivity contribution in [3.8, 4) is 0 Å². The van der Waals surface area contributed by atoms with E-state index < -0.39 is 5.60 Å². The van der Waals surface area contributed by atoms with E-state index in [2.05, 4.69) is 26.0 Å². The lowest BCUT2D eigenvalue weighted by atomic mass is 9.83. The Morgan fingerprint density at radius 2 is 1.50 bits per heavy atom. The zero-order valence-electron chi connectivity index (χ0n) is 12.0. The number of aliphatic hydroxyl groups is 1. The predicted molar refractivity (Wildman–Crippen MR) is 85.3 cm³/mol. The van der Waals surface area contributed by atoms with Gasteiger partial charge in [-0.3, -0.25) is 0 Å². The quantitative estimate of drug-likeness (QED) is 0.792. The molecular formula is C18H21ClO. The van der Waals surface area contributed by atoms with E-state index in [1.807, 2.05) is 42.5 Å². The fraction of sp³-hybridized carbons (Fsp3) is 0.333. The van der Waals surface area contributed by atoms with Crippen molar-refractivity contribution in [3.63, 3.8) is 0 Å². The van der Waals surface area contributed by atoms with E-state index in [9.17, 15) is 5.11 Å². The molecule has 0 spiro atoms. The van der Waals surface area contributed by atoms with Gasteiger partial charge in [-0.1, -0.05) is 68.4 Å². The molecule has 1 atom stereocenters. The minimum absolute atomic E-state index is 0.414. The topological polar surface area (TPSA) is 20.2 Å². The first-order valence-electron chi connectivity index (χ1n) is 7.02. The molecule has 2 aromatic rings. The lowest BCUT2D eigenvalue weighted by Gasteiger charge is -2.29. The van der Waals surface area contributed by atoms with Crippen LogP contribution in [0.4, 0.5) is 0 Å². The summed E-state index contributed by atoms with van der Waals surface area (Å²) < 4.78 is 0. The molecule has 0 saturated heterocycles. The molecule has 0 radical (unpaired) electrons. The van der Waals surface area contributed by atoms with Gasteiger partial charge in [-0.25, -0.2) is 0 Å². The molecule has 0 amide bonds. The summed E-state index contributed by atoms with van der Waals surface area (Å²) in [5.74, 6) is 0.902. The van der Waals surface area contributed by atoms with Crippen molar-refractivity contribution in [2.24, 2.45) is 0 Å². The molecule has 0 aliphatic carbocycles. The van der Waals surface area contributed by atoms with Crippen molar-refractivity contribution >= 4 is 11.6 Å². The molecule has 0 aliphatic rings. The van der Waals surface area contributed by atoms with E-state index in [0.29, 0.717) is 18.2 Å². The Kier molecular flexibility index (Phi) is 4.85. The summed E-state index contributed by atoms with van der Waals surface area (Å²) in [6.45, 7) is 4.33. The van der Waals surface area contributed by atoms with Gasteiger partial charge in [-0.05, 0) is 29.0 Å². The molecule has 1 unspecified atom stereocenters. The molecule has 2 heteroatoms. The molecule has 0 aromatic heterocycles. The van der Waals surface area contributed by atoms with Crippen LogP contribution in [-0.2, 0) is 5.60 Å². The van der Waals surface area contributed by atoms with Gasteiger partial charge in [0.1, 0.15) is 5.60 Å². The van der Waals surface area contributed by atoms with Crippen LogP contribution in [0.3, 0.4) is 0 Å². The van der Waals surface area contributed by atoms with Crippen LogP contribution in [0.5, 0.6) is 0 Å². The standard InChI is InChI=1S/C18H21ClO/c1-14(2)15-8-10-17(11-9-15)18(20,12-13-19)16-6-4-3-5-7-16/h3-11,14,20H,12-13H2,1-2H3. The fourth-order valence-corrected chi connectivity index (χ4v) is 2.72. The molecule has 1 N–H and O–H groups in total. The second kappa shape index (κ2) is 6.43. The van der Waals surface area contributed by atoms with Crippen LogP contribution in [-0.4, -0.2) is 11.0 Å². The van der Waals surface area contributed by atoms with Crippen molar-refractivity contribution in [2.45, 2.75) is 31.8 Å². The van der Waals surface area contributed by atoms with Crippen LogP contribution in [0.25, 0.3) is 0 Å². The number of alkyl halides is 1. The van der Waals surface area contributed by atoms with Crippen molar-refractivity contribution in [2.75, 3.05) is 5.88 Å². The highest BCUT2D eigenvalue weighted by molar-refractivity contribution is 6.17.